The molecule has 1 nitrogen and oxygen atoms in total. The van der Waals surface area contributed by atoms with Gasteiger partial charge >= 0.3 is 0 Å². The Morgan fingerprint density at radius 2 is 1.64 bits per heavy atom. The lowest BCUT2D eigenvalue weighted by Crippen LogP contribution is -2.07. The molecule has 1 aromatic carbocycles. The summed E-state index contributed by atoms with van der Waals surface area (Å²) >= 11 is 1.88. The average Bonchev–Trinajstić information content (AvgIpc) is 2.02. The molecule has 0 aliphatic rings. The van der Waals surface area contributed by atoms with E-state index in [2.05, 4.69) is 45.0 Å². The van der Waals surface area contributed by atoms with Gasteiger partial charge in [0.25, 0.3) is 0 Å². The molecular weight excluding hydrogens is 190 g/mol. The number of hydrogen-bond donors (Lipinski definition) is 1. The van der Waals surface area contributed by atoms with Crippen molar-refractivity contribution in [3.63, 3.8) is 0 Å². The van der Waals surface area contributed by atoms with E-state index in [-0.39, 0.29) is 10.8 Å². The lowest BCUT2D eigenvalue weighted by Gasteiger charge is -2.17. The van der Waals surface area contributed by atoms with E-state index in [1.165, 1.54) is 10.5 Å². The maximum absolute atomic E-state index is 5.78. The Balaban J connectivity index is 2.74. The number of benzene rings is 1. The highest BCUT2D eigenvalue weighted by Gasteiger charge is 2.11. The molecule has 14 heavy (non-hydrogen) atoms. The zero-order chi connectivity index (χ0) is 10.8. The Labute approximate surface area is 91.1 Å². The fourth-order valence-electron chi connectivity index (χ4n) is 1.19. The van der Waals surface area contributed by atoms with E-state index in [4.69, 9.17) is 5.73 Å². The van der Waals surface area contributed by atoms with Crippen molar-refractivity contribution in [1.82, 2.24) is 0 Å². The smallest absolute Gasteiger partial charge is 0.0266 e. The molecule has 0 unspecified atom stereocenters. The number of hydrogen-bond acceptors (Lipinski definition) is 2. The van der Waals surface area contributed by atoms with Crippen molar-refractivity contribution in [2.75, 3.05) is 0 Å². The summed E-state index contributed by atoms with van der Waals surface area (Å²) in [4.78, 5) is 1.31. The molecule has 0 fully saturated rings. The lowest BCUT2D eigenvalue weighted by atomic mass is 10.1. The van der Waals surface area contributed by atoms with Crippen molar-refractivity contribution in [2.45, 2.75) is 43.4 Å². The van der Waals surface area contributed by atoms with Crippen LogP contribution < -0.4 is 5.73 Å². The maximum atomic E-state index is 5.78. The highest BCUT2D eigenvalue weighted by Crippen LogP contribution is 2.32. The topological polar surface area (TPSA) is 26.0 Å². The van der Waals surface area contributed by atoms with Crippen LogP contribution in [0, 0.1) is 0 Å². The van der Waals surface area contributed by atoms with Gasteiger partial charge in [-0.2, -0.15) is 0 Å². The number of nitrogens with two attached hydrogens (primary N) is 1. The molecule has 2 N–H and O–H groups in total. The molecule has 0 radical (unpaired) electrons. The lowest BCUT2D eigenvalue weighted by molar-refractivity contribution is 0.801. The second kappa shape index (κ2) is 4.37. The fraction of sp³-hybridized carbons (Fsp3) is 0.500. The molecular formula is C12H19NS. The largest absolute Gasteiger partial charge is 0.324 e. The van der Waals surface area contributed by atoms with Crippen LogP contribution in [0.25, 0.3) is 0 Å². The first kappa shape index (κ1) is 11.6. The molecule has 0 saturated carbocycles. The molecule has 0 saturated heterocycles. The van der Waals surface area contributed by atoms with Crippen LogP contribution >= 0.6 is 11.8 Å². The molecule has 1 aromatic rings. The summed E-state index contributed by atoms with van der Waals surface area (Å²) in [6.45, 7) is 8.66. The van der Waals surface area contributed by atoms with Crippen LogP contribution in [-0.2, 0) is 0 Å². The van der Waals surface area contributed by atoms with E-state index >= 15 is 0 Å². The van der Waals surface area contributed by atoms with Crippen LogP contribution in [0.2, 0.25) is 0 Å². The molecule has 0 heterocycles. The molecule has 0 aliphatic heterocycles. The number of thioether (sulfide) groups is 1. The van der Waals surface area contributed by atoms with Crippen molar-refractivity contribution < 1.29 is 0 Å². The second-order valence-corrected chi connectivity index (χ2v) is 6.47. The Bertz CT molecular complexity index is 282. The minimum atomic E-state index is 0.128. The summed E-state index contributed by atoms with van der Waals surface area (Å²) < 4.78 is 0.274. The summed E-state index contributed by atoms with van der Waals surface area (Å²) in [6.07, 6.45) is 0. The molecule has 78 valence electrons. The Hall–Kier alpha value is -0.470. The monoisotopic (exact) mass is 209 g/mol. The van der Waals surface area contributed by atoms with Gasteiger partial charge in [0.2, 0.25) is 0 Å². The molecule has 0 amide bonds. The third-order valence-corrected chi connectivity index (χ3v) is 2.95. The van der Waals surface area contributed by atoms with Gasteiger partial charge in [-0.25, -0.2) is 0 Å². The summed E-state index contributed by atoms with van der Waals surface area (Å²) in [7, 11) is 0. The SMILES string of the molecule is C[C@@H](N)c1ccc(SC(C)(C)C)cc1. The first-order chi connectivity index (χ1) is 6.38. The van der Waals surface area contributed by atoms with Gasteiger partial charge in [0.15, 0.2) is 0 Å². The molecule has 0 spiro atoms. The van der Waals surface area contributed by atoms with Gasteiger partial charge in [-0.3, -0.25) is 0 Å². The molecule has 1 atom stereocenters. The summed E-state index contributed by atoms with van der Waals surface area (Å²) in [5.41, 5.74) is 6.98. The third kappa shape index (κ3) is 3.72. The third-order valence-electron chi connectivity index (χ3n) is 1.83. The van der Waals surface area contributed by atoms with Crippen molar-refractivity contribution in [1.29, 1.82) is 0 Å². The predicted molar refractivity (Wildman–Crippen MR) is 64.7 cm³/mol. The van der Waals surface area contributed by atoms with Gasteiger partial charge < -0.3 is 5.73 Å². The van der Waals surface area contributed by atoms with Crippen LogP contribution in [-0.4, -0.2) is 4.75 Å². The first-order valence-electron chi connectivity index (χ1n) is 4.93. The predicted octanol–water partition coefficient (Wildman–Crippen LogP) is 3.60. The van der Waals surface area contributed by atoms with E-state index in [9.17, 15) is 0 Å². The number of rotatable bonds is 2. The van der Waals surface area contributed by atoms with Gasteiger partial charge in [-0.15, -0.1) is 11.8 Å². The molecule has 1 rings (SSSR count). The quantitative estimate of drug-likeness (QED) is 0.753. The van der Waals surface area contributed by atoms with E-state index in [1.54, 1.807) is 0 Å². The summed E-state index contributed by atoms with van der Waals surface area (Å²) in [5.74, 6) is 0. The van der Waals surface area contributed by atoms with Crippen LogP contribution in [0.1, 0.15) is 39.3 Å². The minimum absolute atomic E-state index is 0.128. The normalized spacial score (nSPS) is 14.1. The van der Waals surface area contributed by atoms with E-state index in [0.29, 0.717) is 0 Å². The van der Waals surface area contributed by atoms with Crippen molar-refractivity contribution in [3.8, 4) is 0 Å². The zero-order valence-electron chi connectivity index (χ0n) is 9.37. The van der Waals surface area contributed by atoms with Gasteiger partial charge in [0.05, 0.1) is 0 Å². The van der Waals surface area contributed by atoms with Crippen LogP contribution in [0.4, 0.5) is 0 Å². The summed E-state index contributed by atoms with van der Waals surface area (Å²) in [5, 5.41) is 0. The first-order valence-corrected chi connectivity index (χ1v) is 5.75. The molecule has 0 aromatic heterocycles. The Kier molecular flexibility index (Phi) is 3.62. The molecule has 2 heteroatoms. The average molecular weight is 209 g/mol. The minimum Gasteiger partial charge on any atom is -0.324 e. The summed E-state index contributed by atoms with van der Waals surface area (Å²) in [6, 6.07) is 8.64. The van der Waals surface area contributed by atoms with E-state index in [0.717, 1.165) is 0 Å². The Morgan fingerprint density at radius 3 is 2.00 bits per heavy atom. The Morgan fingerprint density at radius 1 is 1.14 bits per heavy atom. The van der Waals surface area contributed by atoms with Crippen LogP contribution in [0.5, 0.6) is 0 Å². The molecule has 0 bridgehead atoms. The molecule has 0 aliphatic carbocycles. The van der Waals surface area contributed by atoms with Gasteiger partial charge in [0, 0.05) is 15.7 Å². The standard InChI is InChI=1S/C12H19NS/c1-9(13)10-5-7-11(8-6-10)14-12(2,3)4/h5-9H,13H2,1-4H3/t9-/m1/s1. The van der Waals surface area contributed by atoms with Gasteiger partial charge in [0.1, 0.15) is 0 Å². The van der Waals surface area contributed by atoms with Crippen molar-refractivity contribution in [3.05, 3.63) is 29.8 Å². The highest BCUT2D eigenvalue weighted by molar-refractivity contribution is 8.00. The highest BCUT2D eigenvalue weighted by atomic mass is 32.2. The van der Waals surface area contributed by atoms with E-state index < -0.39 is 0 Å². The zero-order valence-corrected chi connectivity index (χ0v) is 10.2. The van der Waals surface area contributed by atoms with Crippen molar-refractivity contribution >= 4 is 11.8 Å². The van der Waals surface area contributed by atoms with E-state index in [1.807, 2.05) is 18.7 Å². The van der Waals surface area contributed by atoms with Gasteiger partial charge in [-0.1, -0.05) is 32.9 Å². The second-order valence-electron chi connectivity index (χ2n) is 4.57. The van der Waals surface area contributed by atoms with Gasteiger partial charge in [-0.05, 0) is 24.6 Å². The van der Waals surface area contributed by atoms with Crippen LogP contribution in [0.3, 0.4) is 0 Å². The van der Waals surface area contributed by atoms with Crippen molar-refractivity contribution in [2.24, 2.45) is 5.73 Å². The maximum Gasteiger partial charge on any atom is 0.0266 e. The fourth-order valence-corrected chi connectivity index (χ4v) is 2.17. The van der Waals surface area contributed by atoms with Crippen LogP contribution in [0.15, 0.2) is 29.2 Å².